The molecular formula is C21H19NO3S. The van der Waals surface area contributed by atoms with Gasteiger partial charge in [-0.3, -0.25) is 4.79 Å². The van der Waals surface area contributed by atoms with E-state index in [4.69, 9.17) is 4.74 Å². The van der Waals surface area contributed by atoms with E-state index in [1.165, 1.54) is 16.5 Å². The third-order valence-electron chi connectivity index (χ3n) is 4.85. The van der Waals surface area contributed by atoms with E-state index in [2.05, 4.69) is 6.07 Å². The van der Waals surface area contributed by atoms with Gasteiger partial charge in [0.25, 0.3) is 5.91 Å². The van der Waals surface area contributed by atoms with Crippen molar-refractivity contribution >= 4 is 34.0 Å². The standard InChI is InChI=1S/C21H19NO3S/c1-22(11-14-9-10-26-13-14)19(23)12-25-21(24)18-8-7-16-6-5-15-3-2-4-17(18)20(15)16/h2-4,7-10,13H,5-6,11-12H2,1H3. The molecule has 2 aromatic carbocycles. The Morgan fingerprint density at radius 2 is 1.92 bits per heavy atom. The van der Waals surface area contributed by atoms with Crippen molar-refractivity contribution < 1.29 is 14.3 Å². The van der Waals surface area contributed by atoms with E-state index < -0.39 is 5.97 Å². The molecule has 0 saturated heterocycles. The van der Waals surface area contributed by atoms with Gasteiger partial charge in [0.05, 0.1) is 5.56 Å². The summed E-state index contributed by atoms with van der Waals surface area (Å²) >= 11 is 1.59. The topological polar surface area (TPSA) is 46.6 Å². The fourth-order valence-electron chi connectivity index (χ4n) is 3.48. The van der Waals surface area contributed by atoms with Gasteiger partial charge >= 0.3 is 5.97 Å². The number of amides is 1. The Morgan fingerprint density at radius 3 is 2.69 bits per heavy atom. The van der Waals surface area contributed by atoms with Crippen LogP contribution in [0.2, 0.25) is 0 Å². The van der Waals surface area contributed by atoms with Crippen molar-refractivity contribution in [2.45, 2.75) is 19.4 Å². The minimum absolute atomic E-state index is 0.213. The van der Waals surface area contributed by atoms with E-state index in [1.54, 1.807) is 23.3 Å². The number of hydrogen-bond acceptors (Lipinski definition) is 4. The normalized spacial score (nSPS) is 12.3. The molecule has 1 heterocycles. The molecule has 1 aliphatic carbocycles. The molecule has 4 nitrogen and oxygen atoms in total. The van der Waals surface area contributed by atoms with Crippen molar-refractivity contribution in [1.29, 1.82) is 0 Å². The second-order valence-electron chi connectivity index (χ2n) is 6.57. The van der Waals surface area contributed by atoms with Crippen LogP contribution in [0, 0.1) is 0 Å². The van der Waals surface area contributed by atoms with Gasteiger partial charge in [0.15, 0.2) is 6.61 Å². The second-order valence-corrected chi connectivity index (χ2v) is 7.35. The molecule has 0 atom stereocenters. The highest BCUT2D eigenvalue weighted by Gasteiger charge is 2.20. The fraction of sp³-hybridized carbons (Fsp3) is 0.238. The van der Waals surface area contributed by atoms with Gasteiger partial charge in [-0.05, 0) is 63.2 Å². The van der Waals surface area contributed by atoms with Crippen LogP contribution in [0.25, 0.3) is 10.8 Å². The number of hydrogen-bond donors (Lipinski definition) is 0. The number of ether oxygens (including phenoxy) is 1. The predicted molar refractivity (Wildman–Crippen MR) is 102 cm³/mol. The third-order valence-corrected chi connectivity index (χ3v) is 5.58. The van der Waals surface area contributed by atoms with Gasteiger partial charge < -0.3 is 9.64 Å². The summed E-state index contributed by atoms with van der Waals surface area (Å²) in [6.45, 7) is 0.267. The number of esters is 1. The molecule has 1 aromatic heterocycles. The van der Waals surface area contributed by atoms with E-state index >= 15 is 0 Å². The maximum atomic E-state index is 12.6. The molecule has 0 saturated carbocycles. The third kappa shape index (κ3) is 3.10. The van der Waals surface area contributed by atoms with Crippen molar-refractivity contribution in [1.82, 2.24) is 4.90 Å². The molecule has 1 aliphatic rings. The quantitative estimate of drug-likeness (QED) is 0.646. The highest BCUT2D eigenvalue weighted by molar-refractivity contribution is 7.07. The molecule has 0 bridgehead atoms. The maximum Gasteiger partial charge on any atom is 0.339 e. The lowest BCUT2D eigenvalue weighted by Gasteiger charge is -2.16. The molecule has 0 N–H and O–H groups in total. The first-order valence-corrected chi connectivity index (χ1v) is 9.53. The SMILES string of the molecule is CN(Cc1ccsc1)C(=O)COC(=O)c1ccc2c3c(cccc13)CC2. The smallest absolute Gasteiger partial charge is 0.339 e. The molecule has 0 spiro atoms. The van der Waals surface area contributed by atoms with Gasteiger partial charge in [-0.15, -0.1) is 0 Å². The van der Waals surface area contributed by atoms with E-state index in [9.17, 15) is 9.59 Å². The van der Waals surface area contributed by atoms with Gasteiger partial charge in [-0.2, -0.15) is 11.3 Å². The monoisotopic (exact) mass is 365 g/mol. The summed E-state index contributed by atoms with van der Waals surface area (Å²) < 4.78 is 5.31. The van der Waals surface area contributed by atoms with Crippen molar-refractivity contribution in [3.63, 3.8) is 0 Å². The number of carbonyl (C=O) groups is 2. The average molecular weight is 365 g/mol. The molecule has 0 fully saturated rings. The molecule has 0 unspecified atom stereocenters. The Labute approximate surface area is 156 Å². The largest absolute Gasteiger partial charge is 0.452 e. The molecular weight excluding hydrogens is 346 g/mol. The van der Waals surface area contributed by atoms with Crippen LogP contribution in [-0.2, 0) is 28.9 Å². The van der Waals surface area contributed by atoms with Gasteiger partial charge in [-0.25, -0.2) is 4.79 Å². The summed E-state index contributed by atoms with van der Waals surface area (Å²) in [5.41, 5.74) is 4.16. The highest BCUT2D eigenvalue weighted by Crippen LogP contribution is 2.33. The minimum Gasteiger partial charge on any atom is -0.452 e. The summed E-state index contributed by atoms with van der Waals surface area (Å²) in [5.74, 6) is -0.659. The molecule has 5 heteroatoms. The number of benzene rings is 2. The van der Waals surface area contributed by atoms with Gasteiger partial charge in [-0.1, -0.05) is 24.3 Å². The van der Waals surface area contributed by atoms with Crippen LogP contribution in [0.4, 0.5) is 0 Å². The van der Waals surface area contributed by atoms with Crippen molar-refractivity contribution in [3.05, 3.63) is 69.4 Å². The first-order chi connectivity index (χ1) is 12.6. The number of likely N-dealkylation sites (N-methyl/N-ethyl adjacent to an activating group) is 1. The zero-order valence-electron chi connectivity index (χ0n) is 14.5. The Hall–Kier alpha value is -2.66. The number of aryl methyl sites for hydroxylation is 2. The van der Waals surface area contributed by atoms with Crippen LogP contribution in [0.5, 0.6) is 0 Å². The summed E-state index contributed by atoms with van der Waals surface area (Å²) in [6, 6.07) is 11.8. The van der Waals surface area contributed by atoms with E-state index in [0.29, 0.717) is 12.1 Å². The number of thiophene rings is 1. The first-order valence-electron chi connectivity index (χ1n) is 8.59. The van der Waals surface area contributed by atoms with Crippen molar-refractivity contribution in [2.75, 3.05) is 13.7 Å². The van der Waals surface area contributed by atoms with Crippen LogP contribution < -0.4 is 0 Å². The van der Waals surface area contributed by atoms with Gasteiger partial charge in [0.2, 0.25) is 0 Å². The molecule has 0 radical (unpaired) electrons. The van der Waals surface area contributed by atoms with Crippen molar-refractivity contribution in [2.24, 2.45) is 0 Å². The number of rotatable bonds is 5. The lowest BCUT2D eigenvalue weighted by molar-refractivity contribution is -0.133. The fourth-order valence-corrected chi connectivity index (χ4v) is 4.14. The summed E-state index contributed by atoms with van der Waals surface area (Å²) in [5, 5.41) is 6.07. The van der Waals surface area contributed by atoms with Gasteiger partial charge in [0.1, 0.15) is 0 Å². The predicted octanol–water partition coefficient (Wildman–Crippen LogP) is 3.82. The van der Waals surface area contributed by atoms with Crippen LogP contribution >= 0.6 is 11.3 Å². The minimum atomic E-state index is -0.446. The summed E-state index contributed by atoms with van der Waals surface area (Å²) in [4.78, 5) is 26.4. The zero-order chi connectivity index (χ0) is 18.1. The lowest BCUT2D eigenvalue weighted by atomic mass is 10.00. The highest BCUT2D eigenvalue weighted by atomic mass is 32.1. The molecule has 3 aromatic rings. The number of carbonyl (C=O) groups excluding carboxylic acids is 2. The van der Waals surface area contributed by atoms with Crippen LogP contribution in [0.3, 0.4) is 0 Å². The van der Waals surface area contributed by atoms with E-state index in [0.717, 1.165) is 23.8 Å². The van der Waals surface area contributed by atoms with Gasteiger partial charge in [0, 0.05) is 13.6 Å². The van der Waals surface area contributed by atoms with Crippen molar-refractivity contribution in [3.8, 4) is 0 Å². The van der Waals surface area contributed by atoms with E-state index in [1.807, 2.05) is 41.1 Å². The number of nitrogens with zero attached hydrogens (tertiary/aromatic N) is 1. The average Bonchev–Trinajstić information content (AvgIpc) is 3.31. The van der Waals surface area contributed by atoms with Crippen LogP contribution in [0.15, 0.2) is 47.2 Å². The Bertz CT molecular complexity index is 968. The Balaban J connectivity index is 1.46. The lowest BCUT2D eigenvalue weighted by Crippen LogP contribution is -2.30. The maximum absolute atomic E-state index is 12.6. The Kier molecular flexibility index (Phi) is 4.47. The molecule has 1 amide bonds. The van der Waals surface area contributed by atoms with E-state index in [-0.39, 0.29) is 12.5 Å². The summed E-state index contributed by atoms with van der Waals surface area (Å²) in [7, 11) is 1.72. The molecule has 26 heavy (non-hydrogen) atoms. The second kappa shape index (κ2) is 6.92. The molecule has 4 rings (SSSR count). The molecule has 0 aliphatic heterocycles. The Morgan fingerprint density at radius 1 is 1.12 bits per heavy atom. The first kappa shape index (κ1) is 16.8. The molecule has 132 valence electrons. The summed E-state index contributed by atoms with van der Waals surface area (Å²) in [6.07, 6.45) is 2.02. The van der Waals surface area contributed by atoms with Crippen LogP contribution in [-0.4, -0.2) is 30.4 Å². The zero-order valence-corrected chi connectivity index (χ0v) is 15.3. The van der Waals surface area contributed by atoms with Crippen LogP contribution in [0.1, 0.15) is 27.0 Å².